The molecule has 2 heteroatoms. The van der Waals surface area contributed by atoms with Gasteiger partial charge in [0.05, 0.1) is 6.04 Å². The molecule has 1 nitrogen and oxygen atoms in total. The predicted molar refractivity (Wildman–Crippen MR) is 90.2 cm³/mol. The smallest absolute Gasteiger partial charge is 0.0576 e. The molecule has 0 radical (unpaired) electrons. The van der Waals surface area contributed by atoms with E-state index in [2.05, 4.69) is 90.5 Å². The summed E-state index contributed by atoms with van der Waals surface area (Å²) in [7, 11) is 0. The average molecular weight is 332 g/mol. The summed E-state index contributed by atoms with van der Waals surface area (Å²) in [6, 6.07) is 17.8. The maximum absolute atomic E-state index is 3.57. The summed E-state index contributed by atoms with van der Waals surface area (Å²) >= 11 is 3.49. The van der Waals surface area contributed by atoms with E-state index >= 15 is 0 Å². The number of nitrogens with one attached hydrogen (secondary N) is 1. The number of benzene rings is 2. The van der Waals surface area contributed by atoms with Crippen LogP contribution in [0.15, 0.2) is 53.0 Å². The SMILES string of the molecule is CCNC(c1ccc(Br)cc1)c1ccc(C(C)C)cc1. The van der Waals surface area contributed by atoms with Crippen LogP contribution < -0.4 is 5.32 Å². The third-order valence-corrected chi connectivity index (χ3v) is 4.08. The number of halogens is 1. The van der Waals surface area contributed by atoms with Crippen LogP contribution in [-0.2, 0) is 0 Å². The molecule has 0 aliphatic heterocycles. The first-order valence-electron chi connectivity index (χ1n) is 7.20. The molecule has 0 aliphatic rings. The number of hydrogen-bond acceptors (Lipinski definition) is 1. The van der Waals surface area contributed by atoms with Gasteiger partial charge in [0.25, 0.3) is 0 Å². The summed E-state index contributed by atoms with van der Waals surface area (Å²) in [6.07, 6.45) is 0. The van der Waals surface area contributed by atoms with E-state index in [1.54, 1.807) is 0 Å². The second-order valence-electron chi connectivity index (χ2n) is 5.36. The van der Waals surface area contributed by atoms with Gasteiger partial charge >= 0.3 is 0 Å². The molecule has 1 N–H and O–H groups in total. The Hall–Kier alpha value is -1.12. The molecule has 0 spiro atoms. The van der Waals surface area contributed by atoms with E-state index in [1.807, 2.05) is 0 Å². The van der Waals surface area contributed by atoms with Crippen LogP contribution in [0.2, 0.25) is 0 Å². The minimum absolute atomic E-state index is 0.259. The molecule has 0 saturated heterocycles. The van der Waals surface area contributed by atoms with E-state index in [9.17, 15) is 0 Å². The van der Waals surface area contributed by atoms with Crippen molar-refractivity contribution < 1.29 is 0 Å². The zero-order valence-electron chi connectivity index (χ0n) is 12.4. The molecule has 0 aliphatic carbocycles. The van der Waals surface area contributed by atoms with Crippen LogP contribution in [0.4, 0.5) is 0 Å². The zero-order chi connectivity index (χ0) is 14.5. The Bertz CT molecular complexity index is 528. The van der Waals surface area contributed by atoms with Crippen LogP contribution >= 0.6 is 15.9 Å². The van der Waals surface area contributed by atoms with Crippen molar-refractivity contribution in [3.05, 3.63) is 69.7 Å². The largest absolute Gasteiger partial charge is 0.307 e. The summed E-state index contributed by atoms with van der Waals surface area (Å²) in [4.78, 5) is 0. The molecule has 0 aromatic heterocycles. The first-order chi connectivity index (χ1) is 9.61. The number of rotatable bonds is 5. The van der Waals surface area contributed by atoms with Crippen LogP contribution in [0.1, 0.15) is 49.4 Å². The standard InChI is InChI=1S/C18H22BrN/c1-4-20-18(16-9-11-17(19)12-10-16)15-7-5-14(6-8-15)13(2)3/h5-13,18,20H,4H2,1-3H3. The van der Waals surface area contributed by atoms with E-state index in [0.717, 1.165) is 11.0 Å². The maximum Gasteiger partial charge on any atom is 0.0576 e. The first kappa shape index (κ1) is 15.3. The minimum atomic E-state index is 0.259. The van der Waals surface area contributed by atoms with Gasteiger partial charge in [0.1, 0.15) is 0 Å². The lowest BCUT2D eigenvalue weighted by Gasteiger charge is -2.20. The maximum atomic E-state index is 3.57. The van der Waals surface area contributed by atoms with Crippen LogP contribution in [-0.4, -0.2) is 6.54 Å². The van der Waals surface area contributed by atoms with Gasteiger partial charge in [-0.15, -0.1) is 0 Å². The third kappa shape index (κ3) is 3.71. The second kappa shape index (κ2) is 7.05. The molecule has 0 amide bonds. The van der Waals surface area contributed by atoms with Gasteiger partial charge < -0.3 is 5.32 Å². The summed E-state index contributed by atoms with van der Waals surface area (Å²) in [5.41, 5.74) is 4.01. The van der Waals surface area contributed by atoms with E-state index in [4.69, 9.17) is 0 Å². The summed E-state index contributed by atoms with van der Waals surface area (Å²) < 4.78 is 1.12. The fourth-order valence-corrected chi connectivity index (χ4v) is 2.63. The molecule has 1 atom stereocenters. The lowest BCUT2D eigenvalue weighted by molar-refractivity contribution is 0.630. The Morgan fingerprint density at radius 1 is 0.850 bits per heavy atom. The molecule has 20 heavy (non-hydrogen) atoms. The van der Waals surface area contributed by atoms with Gasteiger partial charge in [0, 0.05) is 4.47 Å². The van der Waals surface area contributed by atoms with Gasteiger partial charge in [-0.3, -0.25) is 0 Å². The fraction of sp³-hybridized carbons (Fsp3) is 0.333. The normalized spacial score (nSPS) is 12.7. The monoisotopic (exact) mass is 331 g/mol. The van der Waals surface area contributed by atoms with Crippen LogP contribution in [0.5, 0.6) is 0 Å². The van der Waals surface area contributed by atoms with Crippen molar-refractivity contribution in [1.82, 2.24) is 5.32 Å². The van der Waals surface area contributed by atoms with E-state index in [0.29, 0.717) is 5.92 Å². The van der Waals surface area contributed by atoms with Crippen molar-refractivity contribution in [2.45, 2.75) is 32.7 Å². The Balaban J connectivity index is 2.30. The highest BCUT2D eigenvalue weighted by atomic mass is 79.9. The highest BCUT2D eigenvalue weighted by Crippen LogP contribution is 2.25. The Morgan fingerprint density at radius 2 is 1.30 bits per heavy atom. The molecule has 0 fully saturated rings. The third-order valence-electron chi connectivity index (χ3n) is 3.55. The average Bonchev–Trinajstić information content (AvgIpc) is 2.46. The van der Waals surface area contributed by atoms with Crippen molar-refractivity contribution in [3.63, 3.8) is 0 Å². The summed E-state index contributed by atoms with van der Waals surface area (Å²) in [5.74, 6) is 0.578. The molecule has 2 aromatic carbocycles. The molecule has 1 unspecified atom stereocenters. The van der Waals surface area contributed by atoms with Gasteiger partial charge in [0.15, 0.2) is 0 Å². The van der Waals surface area contributed by atoms with Crippen molar-refractivity contribution in [2.24, 2.45) is 0 Å². The lowest BCUT2D eigenvalue weighted by Crippen LogP contribution is -2.21. The lowest BCUT2D eigenvalue weighted by atomic mass is 9.95. The molecule has 0 bridgehead atoms. The van der Waals surface area contributed by atoms with Crippen molar-refractivity contribution in [1.29, 1.82) is 0 Å². The van der Waals surface area contributed by atoms with Gasteiger partial charge in [-0.2, -0.15) is 0 Å². The minimum Gasteiger partial charge on any atom is -0.307 e. The second-order valence-corrected chi connectivity index (χ2v) is 6.28. The molecule has 106 valence electrons. The molecular formula is C18H22BrN. The van der Waals surface area contributed by atoms with Gasteiger partial charge in [-0.25, -0.2) is 0 Å². The van der Waals surface area contributed by atoms with Crippen molar-refractivity contribution in [3.8, 4) is 0 Å². The Morgan fingerprint density at radius 3 is 1.75 bits per heavy atom. The predicted octanol–water partition coefficient (Wildman–Crippen LogP) is 5.27. The van der Waals surface area contributed by atoms with Gasteiger partial charge in [-0.05, 0) is 41.3 Å². The molecule has 0 saturated carbocycles. The Kier molecular flexibility index (Phi) is 5.38. The van der Waals surface area contributed by atoms with Gasteiger partial charge in [0.2, 0.25) is 0 Å². The number of hydrogen-bond donors (Lipinski definition) is 1. The molecular weight excluding hydrogens is 310 g/mol. The first-order valence-corrected chi connectivity index (χ1v) is 7.99. The highest BCUT2D eigenvalue weighted by molar-refractivity contribution is 9.10. The summed E-state index contributed by atoms with van der Waals surface area (Å²) in [6.45, 7) is 7.55. The fourth-order valence-electron chi connectivity index (χ4n) is 2.36. The molecule has 0 heterocycles. The molecule has 2 rings (SSSR count). The van der Waals surface area contributed by atoms with Crippen molar-refractivity contribution >= 4 is 15.9 Å². The zero-order valence-corrected chi connectivity index (χ0v) is 13.9. The highest BCUT2D eigenvalue weighted by Gasteiger charge is 2.13. The summed E-state index contributed by atoms with van der Waals surface area (Å²) in [5, 5.41) is 3.57. The van der Waals surface area contributed by atoms with Crippen LogP contribution in [0, 0.1) is 0 Å². The van der Waals surface area contributed by atoms with E-state index < -0.39 is 0 Å². The Labute approximate surface area is 130 Å². The quantitative estimate of drug-likeness (QED) is 0.786. The van der Waals surface area contributed by atoms with Crippen LogP contribution in [0.3, 0.4) is 0 Å². The van der Waals surface area contributed by atoms with Crippen molar-refractivity contribution in [2.75, 3.05) is 6.54 Å². The van der Waals surface area contributed by atoms with E-state index in [-0.39, 0.29) is 6.04 Å². The van der Waals surface area contributed by atoms with Crippen LogP contribution in [0.25, 0.3) is 0 Å². The topological polar surface area (TPSA) is 12.0 Å². The van der Waals surface area contributed by atoms with E-state index in [1.165, 1.54) is 16.7 Å². The molecule has 2 aromatic rings. The van der Waals surface area contributed by atoms with Gasteiger partial charge in [-0.1, -0.05) is 73.1 Å².